The molecule has 1 atom stereocenters. The summed E-state index contributed by atoms with van der Waals surface area (Å²) in [6.45, 7) is 4.23. The SMILES string of the molecule is CCC(C)c1n[c]c(-c2cccc(-c3nccs3)c2)o1. The van der Waals surface area contributed by atoms with E-state index in [2.05, 4.69) is 36.1 Å². The number of hydrogen-bond donors (Lipinski definition) is 0. The molecule has 0 spiro atoms. The molecule has 2 aromatic heterocycles. The van der Waals surface area contributed by atoms with Crippen LogP contribution in [0.15, 0.2) is 40.3 Å². The van der Waals surface area contributed by atoms with E-state index in [1.165, 1.54) is 0 Å². The van der Waals surface area contributed by atoms with Gasteiger partial charge in [-0.15, -0.1) is 11.3 Å². The van der Waals surface area contributed by atoms with Gasteiger partial charge in [-0.1, -0.05) is 32.0 Å². The first kappa shape index (κ1) is 13.1. The summed E-state index contributed by atoms with van der Waals surface area (Å²) in [6, 6.07) is 8.13. The van der Waals surface area contributed by atoms with Crippen molar-refractivity contribution in [1.82, 2.24) is 9.97 Å². The summed E-state index contributed by atoms with van der Waals surface area (Å²) in [7, 11) is 0. The predicted octanol–water partition coefficient (Wildman–Crippen LogP) is 4.78. The minimum atomic E-state index is 0.321. The highest BCUT2D eigenvalue weighted by atomic mass is 32.1. The maximum atomic E-state index is 5.81. The molecule has 20 heavy (non-hydrogen) atoms. The fourth-order valence-electron chi connectivity index (χ4n) is 1.92. The number of benzene rings is 1. The van der Waals surface area contributed by atoms with E-state index in [-0.39, 0.29) is 0 Å². The molecule has 0 aliphatic heterocycles. The standard InChI is InChI=1S/C16H15N2OS/c1-3-11(2)15-18-10-14(19-15)12-5-4-6-13(9-12)16-17-7-8-20-16/h4-9,11H,3H2,1-2H3. The lowest BCUT2D eigenvalue weighted by Crippen LogP contribution is -1.89. The van der Waals surface area contributed by atoms with Gasteiger partial charge < -0.3 is 4.42 Å². The Morgan fingerprint density at radius 3 is 2.95 bits per heavy atom. The molecule has 3 nitrogen and oxygen atoms in total. The maximum absolute atomic E-state index is 5.81. The molecule has 0 bridgehead atoms. The quantitative estimate of drug-likeness (QED) is 0.691. The minimum Gasteiger partial charge on any atom is -0.440 e. The van der Waals surface area contributed by atoms with Gasteiger partial charge in [0.15, 0.2) is 11.7 Å². The van der Waals surface area contributed by atoms with E-state index in [0.717, 1.165) is 28.4 Å². The molecule has 0 N–H and O–H groups in total. The monoisotopic (exact) mass is 283 g/mol. The van der Waals surface area contributed by atoms with E-state index >= 15 is 0 Å². The third-order valence-corrected chi connectivity index (χ3v) is 4.13. The third-order valence-electron chi connectivity index (χ3n) is 3.31. The molecule has 1 aromatic carbocycles. The molecule has 0 aliphatic carbocycles. The molecular formula is C16H15N2OS. The van der Waals surface area contributed by atoms with Gasteiger partial charge in [0.2, 0.25) is 0 Å². The highest BCUT2D eigenvalue weighted by Gasteiger charge is 2.13. The van der Waals surface area contributed by atoms with Crippen LogP contribution in [0.4, 0.5) is 0 Å². The van der Waals surface area contributed by atoms with Gasteiger partial charge in [0.05, 0.1) is 0 Å². The van der Waals surface area contributed by atoms with Crippen molar-refractivity contribution in [2.75, 3.05) is 0 Å². The molecule has 4 heteroatoms. The fourth-order valence-corrected chi connectivity index (χ4v) is 2.56. The van der Waals surface area contributed by atoms with Gasteiger partial charge in [-0.3, -0.25) is 0 Å². The van der Waals surface area contributed by atoms with Gasteiger partial charge in [-0.25, -0.2) is 9.97 Å². The molecule has 0 amide bonds. The zero-order valence-corrected chi connectivity index (χ0v) is 12.3. The zero-order chi connectivity index (χ0) is 13.9. The highest BCUT2D eigenvalue weighted by Crippen LogP contribution is 2.29. The molecular weight excluding hydrogens is 268 g/mol. The van der Waals surface area contributed by atoms with Gasteiger partial charge in [0, 0.05) is 28.6 Å². The second-order valence-electron chi connectivity index (χ2n) is 4.72. The molecule has 3 rings (SSSR count). The lowest BCUT2D eigenvalue weighted by atomic mass is 10.1. The Balaban J connectivity index is 1.94. The van der Waals surface area contributed by atoms with Crippen LogP contribution < -0.4 is 0 Å². The Morgan fingerprint density at radius 1 is 1.35 bits per heavy atom. The molecule has 0 saturated carbocycles. The van der Waals surface area contributed by atoms with Crippen molar-refractivity contribution in [3.8, 4) is 21.9 Å². The molecule has 101 valence electrons. The van der Waals surface area contributed by atoms with Crippen molar-refractivity contribution in [1.29, 1.82) is 0 Å². The predicted molar refractivity (Wildman–Crippen MR) is 80.6 cm³/mol. The molecule has 0 fully saturated rings. The second-order valence-corrected chi connectivity index (χ2v) is 5.61. The Labute approximate surface area is 122 Å². The number of hydrogen-bond acceptors (Lipinski definition) is 4. The zero-order valence-electron chi connectivity index (χ0n) is 11.5. The maximum Gasteiger partial charge on any atom is 0.198 e. The van der Waals surface area contributed by atoms with Crippen molar-refractivity contribution in [3.05, 3.63) is 47.9 Å². The molecule has 0 saturated heterocycles. The fraction of sp³-hybridized carbons (Fsp3) is 0.250. The number of rotatable bonds is 4. The van der Waals surface area contributed by atoms with Crippen LogP contribution in [0.5, 0.6) is 0 Å². The molecule has 1 radical (unpaired) electrons. The summed E-state index contributed by atoms with van der Waals surface area (Å²) in [4.78, 5) is 8.58. The average Bonchev–Trinajstić information content (AvgIpc) is 3.18. The average molecular weight is 283 g/mol. The minimum absolute atomic E-state index is 0.321. The van der Waals surface area contributed by atoms with Crippen molar-refractivity contribution >= 4 is 11.3 Å². The van der Waals surface area contributed by atoms with E-state index < -0.39 is 0 Å². The van der Waals surface area contributed by atoms with Gasteiger partial charge in [-0.2, -0.15) is 0 Å². The van der Waals surface area contributed by atoms with Crippen molar-refractivity contribution in [3.63, 3.8) is 0 Å². The normalized spacial score (nSPS) is 12.5. The van der Waals surface area contributed by atoms with Crippen LogP contribution in [-0.2, 0) is 0 Å². The smallest absolute Gasteiger partial charge is 0.198 e. The van der Waals surface area contributed by atoms with Crippen molar-refractivity contribution in [2.45, 2.75) is 26.2 Å². The first-order chi connectivity index (χ1) is 9.78. The Hall–Kier alpha value is -1.94. The number of thiazole rings is 1. The van der Waals surface area contributed by atoms with Crippen LogP contribution >= 0.6 is 11.3 Å². The van der Waals surface area contributed by atoms with Crippen LogP contribution in [0.3, 0.4) is 0 Å². The Kier molecular flexibility index (Phi) is 3.65. The van der Waals surface area contributed by atoms with Gasteiger partial charge >= 0.3 is 0 Å². The van der Waals surface area contributed by atoms with Crippen molar-refractivity contribution in [2.24, 2.45) is 0 Å². The molecule has 2 heterocycles. The molecule has 1 unspecified atom stereocenters. The van der Waals surface area contributed by atoms with Crippen LogP contribution in [0.25, 0.3) is 21.9 Å². The van der Waals surface area contributed by atoms with Crippen LogP contribution in [-0.4, -0.2) is 9.97 Å². The Bertz CT molecular complexity index is 688. The van der Waals surface area contributed by atoms with E-state index in [4.69, 9.17) is 4.42 Å². The van der Waals surface area contributed by atoms with Gasteiger partial charge in [-0.05, 0) is 12.5 Å². The summed E-state index contributed by atoms with van der Waals surface area (Å²) < 4.78 is 5.81. The third kappa shape index (κ3) is 2.51. The second kappa shape index (κ2) is 5.59. The lowest BCUT2D eigenvalue weighted by Gasteiger charge is -2.02. The molecule has 3 aromatic rings. The summed E-state index contributed by atoms with van der Waals surface area (Å²) in [6.07, 6.45) is 5.80. The summed E-state index contributed by atoms with van der Waals surface area (Å²) in [5, 5.41) is 2.98. The number of aromatic nitrogens is 2. The highest BCUT2D eigenvalue weighted by molar-refractivity contribution is 7.13. The van der Waals surface area contributed by atoms with Crippen molar-refractivity contribution < 1.29 is 4.42 Å². The summed E-state index contributed by atoms with van der Waals surface area (Å²) in [5.74, 6) is 1.77. The topological polar surface area (TPSA) is 38.9 Å². The van der Waals surface area contributed by atoms with Gasteiger partial charge in [0.25, 0.3) is 0 Å². The largest absolute Gasteiger partial charge is 0.440 e. The number of oxazole rings is 1. The summed E-state index contributed by atoms with van der Waals surface area (Å²) >= 11 is 1.63. The molecule has 0 aliphatic rings. The summed E-state index contributed by atoms with van der Waals surface area (Å²) in [5.41, 5.74) is 2.08. The van der Waals surface area contributed by atoms with Crippen LogP contribution in [0.1, 0.15) is 32.1 Å². The Morgan fingerprint density at radius 2 is 2.20 bits per heavy atom. The first-order valence-electron chi connectivity index (χ1n) is 6.66. The van der Waals surface area contributed by atoms with E-state index in [1.807, 2.05) is 29.8 Å². The first-order valence-corrected chi connectivity index (χ1v) is 7.54. The number of nitrogens with zero attached hydrogens (tertiary/aromatic N) is 2. The van der Waals surface area contributed by atoms with E-state index in [1.54, 1.807) is 11.3 Å². The van der Waals surface area contributed by atoms with Gasteiger partial charge in [0.1, 0.15) is 11.2 Å². The lowest BCUT2D eigenvalue weighted by molar-refractivity contribution is 0.462. The van der Waals surface area contributed by atoms with Crippen LogP contribution in [0.2, 0.25) is 0 Å². The van der Waals surface area contributed by atoms with Crippen LogP contribution in [0, 0.1) is 6.20 Å². The van der Waals surface area contributed by atoms with E-state index in [9.17, 15) is 0 Å². The van der Waals surface area contributed by atoms with E-state index in [0.29, 0.717) is 11.7 Å².